The van der Waals surface area contributed by atoms with E-state index in [4.69, 9.17) is 0 Å². The molecule has 1 atom stereocenters. The molecule has 4 nitrogen and oxygen atoms in total. The number of thiophene rings is 1. The maximum atomic E-state index is 12.6. The number of carbonyl (C=O) groups excluding carboxylic acids is 2. The fraction of sp³-hybridized carbons (Fsp3) is 0.333. The molecule has 0 unspecified atom stereocenters. The van der Waals surface area contributed by atoms with E-state index in [1.54, 1.807) is 16.2 Å². The summed E-state index contributed by atoms with van der Waals surface area (Å²) >= 11 is 1.58. The fourth-order valence-corrected chi connectivity index (χ4v) is 4.23. The summed E-state index contributed by atoms with van der Waals surface area (Å²) in [6.07, 6.45) is 1.29. The number of nitrogens with zero attached hydrogens (tertiary/aromatic N) is 2. The minimum Gasteiger partial charge on any atom is -0.332 e. The molecule has 23 heavy (non-hydrogen) atoms. The molecule has 3 heterocycles. The van der Waals surface area contributed by atoms with Gasteiger partial charge < -0.3 is 9.80 Å². The number of benzene rings is 1. The minimum atomic E-state index is 0.00786. The third kappa shape index (κ3) is 2.65. The standard InChI is InChI=1S/C18H18N2O2S/c21-17(10-14-5-3-9-23-14)19-11-16-15-6-2-1-4-13(15)7-8-20(16)18(22)12-19/h1-6,9,16H,7-8,10-12H2/t16-/m0/s1. The molecule has 118 valence electrons. The van der Waals surface area contributed by atoms with Crippen LogP contribution >= 0.6 is 11.3 Å². The van der Waals surface area contributed by atoms with Crippen LogP contribution in [0.2, 0.25) is 0 Å². The largest absolute Gasteiger partial charge is 0.332 e. The predicted molar refractivity (Wildman–Crippen MR) is 89.2 cm³/mol. The average molecular weight is 326 g/mol. The Labute approximate surface area is 139 Å². The van der Waals surface area contributed by atoms with E-state index in [9.17, 15) is 9.59 Å². The molecule has 0 radical (unpaired) electrons. The second-order valence-corrected chi connectivity index (χ2v) is 7.11. The third-order valence-corrected chi connectivity index (χ3v) is 5.59. The fourth-order valence-electron chi connectivity index (χ4n) is 3.54. The van der Waals surface area contributed by atoms with Crippen LogP contribution in [0.3, 0.4) is 0 Å². The second-order valence-electron chi connectivity index (χ2n) is 6.08. The van der Waals surface area contributed by atoms with Gasteiger partial charge in [0.2, 0.25) is 11.8 Å². The van der Waals surface area contributed by atoms with Crippen molar-refractivity contribution in [1.29, 1.82) is 0 Å². The van der Waals surface area contributed by atoms with Gasteiger partial charge in [-0.15, -0.1) is 11.3 Å². The first kappa shape index (κ1) is 14.5. The monoisotopic (exact) mass is 326 g/mol. The first-order chi connectivity index (χ1) is 11.2. The predicted octanol–water partition coefficient (Wildman–Crippen LogP) is 2.26. The molecule has 0 bridgehead atoms. The van der Waals surface area contributed by atoms with Crippen molar-refractivity contribution < 1.29 is 9.59 Å². The zero-order valence-electron chi connectivity index (χ0n) is 12.8. The molecular formula is C18H18N2O2S. The van der Waals surface area contributed by atoms with Gasteiger partial charge in [0.05, 0.1) is 19.0 Å². The Kier molecular flexibility index (Phi) is 3.65. The van der Waals surface area contributed by atoms with Gasteiger partial charge in [0.15, 0.2) is 0 Å². The van der Waals surface area contributed by atoms with Gasteiger partial charge in [0.25, 0.3) is 0 Å². The lowest BCUT2D eigenvalue weighted by Crippen LogP contribution is -2.55. The van der Waals surface area contributed by atoms with Crippen LogP contribution in [-0.2, 0) is 22.4 Å². The van der Waals surface area contributed by atoms with Crippen molar-refractivity contribution in [3.05, 3.63) is 57.8 Å². The Morgan fingerprint density at radius 3 is 2.91 bits per heavy atom. The molecule has 0 aliphatic carbocycles. The zero-order valence-corrected chi connectivity index (χ0v) is 13.6. The molecule has 4 rings (SSSR count). The van der Waals surface area contributed by atoms with E-state index in [1.807, 2.05) is 34.5 Å². The highest BCUT2D eigenvalue weighted by molar-refractivity contribution is 7.10. The third-order valence-electron chi connectivity index (χ3n) is 4.71. The van der Waals surface area contributed by atoms with E-state index in [2.05, 4.69) is 12.1 Å². The van der Waals surface area contributed by atoms with Crippen molar-refractivity contribution in [3.8, 4) is 0 Å². The summed E-state index contributed by atoms with van der Waals surface area (Å²) < 4.78 is 0. The van der Waals surface area contributed by atoms with E-state index in [-0.39, 0.29) is 24.4 Å². The number of hydrogen-bond donors (Lipinski definition) is 0. The van der Waals surface area contributed by atoms with Gasteiger partial charge in [0.1, 0.15) is 0 Å². The molecule has 1 aromatic carbocycles. The van der Waals surface area contributed by atoms with Gasteiger partial charge in [0, 0.05) is 18.0 Å². The summed E-state index contributed by atoms with van der Waals surface area (Å²) in [5.41, 5.74) is 2.50. The second kappa shape index (κ2) is 5.81. The molecule has 1 saturated heterocycles. The lowest BCUT2D eigenvalue weighted by atomic mass is 9.90. The van der Waals surface area contributed by atoms with Crippen molar-refractivity contribution in [2.45, 2.75) is 18.9 Å². The number of rotatable bonds is 2. The highest BCUT2D eigenvalue weighted by Crippen LogP contribution is 2.33. The van der Waals surface area contributed by atoms with Crippen LogP contribution in [-0.4, -0.2) is 41.2 Å². The van der Waals surface area contributed by atoms with Crippen LogP contribution in [0, 0.1) is 0 Å². The molecule has 5 heteroatoms. The Bertz CT molecular complexity index is 741. The van der Waals surface area contributed by atoms with Crippen LogP contribution in [0.5, 0.6) is 0 Å². The summed E-state index contributed by atoms with van der Waals surface area (Å²) in [6, 6.07) is 12.2. The molecule has 0 N–H and O–H groups in total. The molecule has 2 aliphatic rings. The molecule has 0 saturated carbocycles. The zero-order chi connectivity index (χ0) is 15.8. The number of fused-ring (bicyclic) bond motifs is 3. The molecule has 2 aliphatic heterocycles. The lowest BCUT2D eigenvalue weighted by Gasteiger charge is -2.44. The van der Waals surface area contributed by atoms with Gasteiger partial charge in [-0.1, -0.05) is 30.3 Å². The van der Waals surface area contributed by atoms with Gasteiger partial charge in [-0.05, 0) is 29.0 Å². The molecular weight excluding hydrogens is 308 g/mol. The van der Waals surface area contributed by atoms with Crippen molar-refractivity contribution in [1.82, 2.24) is 9.80 Å². The first-order valence-electron chi connectivity index (χ1n) is 7.90. The Balaban J connectivity index is 1.57. The number of piperazine rings is 1. The van der Waals surface area contributed by atoms with Crippen LogP contribution in [0.1, 0.15) is 22.0 Å². The van der Waals surface area contributed by atoms with Crippen LogP contribution in [0.25, 0.3) is 0 Å². The summed E-state index contributed by atoms with van der Waals surface area (Å²) in [6.45, 7) is 1.57. The number of hydrogen-bond acceptors (Lipinski definition) is 3. The van der Waals surface area contributed by atoms with Crippen molar-refractivity contribution >= 4 is 23.2 Å². The number of carbonyl (C=O) groups is 2. The number of amides is 2. The minimum absolute atomic E-state index is 0.00786. The van der Waals surface area contributed by atoms with Gasteiger partial charge in [-0.25, -0.2) is 0 Å². The van der Waals surface area contributed by atoms with Crippen LogP contribution in [0.15, 0.2) is 41.8 Å². The van der Waals surface area contributed by atoms with E-state index >= 15 is 0 Å². The smallest absolute Gasteiger partial charge is 0.242 e. The maximum Gasteiger partial charge on any atom is 0.242 e. The van der Waals surface area contributed by atoms with Crippen molar-refractivity contribution in [2.75, 3.05) is 19.6 Å². The van der Waals surface area contributed by atoms with Crippen LogP contribution < -0.4 is 0 Å². The molecule has 2 aromatic rings. The summed E-state index contributed by atoms with van der Waals surface area (Å²) in [7, 11) is 0. The van der Waals surface area contributed by atoms with Gasteiger partial charge >= 0.3 is 0 Å². The quantitative estimate of drug-likeness (QED) is 0.849. The topological polar surface area (TPSA) is 40.6 Å². The van der Waals surface area contributed by atoms with Gasteiger partial charge in [-0.3, -0.25) is 9.59 Å². The molecule has 0 spiro atoms. The maximum absolute atomic E-state index is 12.6. The van der Waals surface area contributed by atoms with Gasteiger partial charge in [-0.2, -0.15) is 0 Å². The first-order valence-corrected chi connectivity index (χ1v) is 8.78. The van der Waals surface area contributed by atoms with Crippen molar-refractivity contribution in [3.63, 3.8) is 0 Å². The van der Waals surface area contributed by atoms with Crippen LogP contribution in [0.4, 0.5) is 0 Å². The highest BCUT2D eigenvalue weighted by Gasteiger charge is 2.38. The van der Waals surface area contributed by atoms with E-state index in [0.717, 1.165) is 17.8 Å². The van der Waals surface area contributed by atoms with Crippen molar-refractivity contribution in [2.24, 2.45) is 0 Å². The Morgan fingerprint density at radius 1 is 1.22 bits per heavy atom. The SMILES string of the molecule is O=C(Cc1cccs1)N1CC(=O)N2CCc3ccccc3[C@@H]2C1. The molecule has 1 fully saturated rings. The van der Waals surface area contributed by atoms with E-state index in [1.165, 1.54) is 11.1 Å². The van der Waals surface area contributed by atoms with E-state index in [0.29, 0.717) is 13.0 Å². The lowest BCUT2D eigenvalue weighted by molar-refractivity contribution is -0.149. The normalized spacial score (nSPS) is 20.2. The molecule has 2 amide bonds. The highest BCUT2D eigenvalue weighted by atomic mass is 32.1. The summed E-state index contributed by atoms with van der Waals surface area (Å²) in [5, 5.41) is 1.98. The summed E-state index contributed by atoms with van der Waals surface area (Å²) in [4.78, 5) is 29.8. The Morgan fingerprint density at radius 2 is 2.09 bits per heavy atom. The average Bonchev–Trinajstić information content (AvgIpc) is 3.07. The summed E-state index contributed by atoms with van der Waals surface area (Å²) in [5.74, 6) is 0.110. The Hall–Kier alpha value is -2.14. The molecule has 1 aromatic heterocycles. The van der Waals surface area contributed by atoms with E-state index < -0.39 is 0 Å².